The van der Waals surface area contributed by atoms with Gasteiger partial charge in [0.25, 0.3) is 0 Å². The van der Waals surface area contributed by atoms with Crippen molar-refractivity contribution >= 4 is 0 Å². The lowest BCUT2D eigenvalue weighted by molar-refractivity contribution is 0.0387. The topological polar surface area (TPSA) is 15.3 Å². The third kappa shape index (κ3) is 2.76. The molecule has 0 aromatic heterocycles. The van der Waals surface area contributed by atoms with E-state index in [2.05, 4.69) is 62.3 Å². The average molecular weight is 246 g/mol. The van der Waals surface area contributed by atoms with Crippen LogP contribution in [0.25, 0.3) is 0 Å². The Morgan fingerprint density at radius 2 is 1.94 bits per heavy atom. The van der Waals surface area contributed by atoms with E-state index >= 15 is 0 Å². The number of nitrogens with one attached hydrogen (secondary N) is 1. The van der Waals surface area contributed by atoms with Gasteiger partial charge in [-0.2, -0.15) is 0 Å². The van der Waals surface area contributed by atoms with Gasteiger partial charge in [-0.15, -0.1) is 0 Å². The minimum Gasteiger partial charge on any atom is -0.315 e. The van der Waals surface area contributed by atoms with E-state index in [1.807, 2.05) is 0 Å². The maximum atomic E-state index is 3.48. The number of likely N-dealkylation sites (N-methyl/N-ethyl adjacent to an activating group) is 1. The minimum absolute atomic E-state index is 0.234. The van der Waals surface area contributed by atoms with E-state index in [1.165, 1.54) is 30.5 Å². The Morgan fingerprint density at radius 1 is 1.28 bits per heavy atom. The summed E-state index contributed by atoms with van der Waals surface area (Å²) in [5.41, 5.74) is 2.99. The van der Waals surface area contributed by atoms with Crippen LogP contribution < -0.4 is 5.32 Å². The zero-order valence-corrected chi connectivity index (χ0v) is 12.2. The highest BCUT2D eigenvalue weighted by Crippen LogP contribution is 2.29. The van der Waals surface area contributed by atoms with E-state index < -0.39 is 0 Å². The molecule has 2 rings (SSSR count). The number of benzene rings is 1. The third-order valence-corrected chi connectivity index (χ3v) is 4.43. The first-order valence-corrected chi connectivity index (χ1v) is 7.02. The molecule has 0 aliphatic carbocycles. The molecule has 1 aromatic carbocycles. The zero-order valence-electron chi connectivity index (χ0n) is 12.2. The number of hydrogen-bond donors (Lipinski definition) is 1. The normalized spacial score (nSPS) is 24.1. The summed E-state index contributed by atoms with van der Waals surface area (Å²) in [5, 5.41) is 3.48. The summed E-state index contributed by atoms with van der Waals surface area (Å²) in [6.07, 6.45) is 2.58. The highest BCUT2D eigenvalue weighted by Gasteiger charge is 2.37. The molecule has 1 aliphatic rings. The average Bonchev–Trinajstić information content (AvgIpc) is 2.34. The molecule has 1 heterocycles. The third-order valence-electron chi connectivity index (χ3n) is 4.43. The Morgan fingerprint density at radius 3 is 2.56 bits per heavy atom. The van der Waals surface area contributed by atoms with Gasteiger partial charge in [-0.25, -0.2) is 0 Å². The molecule has 100 valence electrons. The van der Waals surface area contributed by atoms with Gasteiger partial charge in [0.05, 0.1) is 0 Å². The number of aryl methyl sites for hydroxylation is 1. The minimum atomic E-state index is 0.234. The lowest BCUT2D eigenvalue weighted by atomic mass is 9.84. The Labute approximate surface area is 111 Å². The lowest BCUT2D eigenvalue weighted by Crippen LogP contribution is -2.59. The number of nitrogens with zero attached hydrogens (tertiary/aromatic N) is 1. The SMILES string of the molecule is CNC1CCCN(Cc2ccc(C)cc2)C1(C)C. The highest BCUT2D eigenvalue weighted by atomic mass is 15.2. The van der Waals surface area contributed by atoms with E-state index in [9.17, 15) is 0 Å². The fourth-order valence-corrected chi connectivity index (χ4v) is 3.04. The van der Waals surface area contributed by atoms with Gasteiger partial charge in [-0.3, -0.25) is 4.90 Å². The van der Waals surface area contributed by atoms with Crippen LogP contribution in [0.2, 0.25) is 0 Å². The van der Waals surface area contributed by atoms with Crippen molar-refractivity contribution in [1.29, 1.82) is 0 Å². The van der Waals surface area contributed by atoms with Crippen molar-refractivity contribution in [3.63, 3.8) is 0 Å². The molecule has 1 aliphatic heterocycles. The van der Waals surface area contributed by atoms with Crippen LogP contribution >= 0.6 is 0 Å². The summed E-state index contributed by atoms with van der Waals surface area (Å²) in [6, 6.07) is 9.53. The van der Waals surface area contributed by atoms with Crippen molar-refractivity contribution in [3.05, 3.63) is 35.4 Å². The van der Waals surface area contributed by atoms with Crippen LogP contribution in [0.3, 0.4) is 0 Å². The summed E-state index contributed by atoms with van der Waals surface area (Å²) in [7, 11) is 2.09. The second kappa shape index (κ2) is 5.41. The smallest absolute Gasteiger partial charge is 0.0309 e. The molecular formula is C16H26N2. The molecule has 1 unspecified atom stereocenters. The molecular weight excluding hydrogens is 220 g/mol. The summed E-state index contributed by atoms with van der Waals surface area (Å²) in [6.45, 7) is 9.14. The molecule has 2 heteroatoms. The van der Waals surface area contributed by atoms with Crippen molar-refractivity contribution in [3.8, 4) is 0 Å². The van der Waals surface area contributed by atoms with E-state index in [1.54, 1.807) is 0 Å². The van der Waals surface area contributed by atoms with Gasteiger partial charge in [0.1, 0.15) is 0 Å². The predicted molar refractivity (Wildman–Crippen MR) is 77.7 cm³/mol. The summed E-state index contributed by atoms with van der Waals surface area (Å²) < 4.78 is 0. The molecule has 1 N–H and O–H groups in total. The van der Waals surface area contributed by atoms with E-state index in [4.69, 9.17) is 0 Å². The Kier molecular flexibility index (Phi) is 4.08. The quantitative estimate of drug-likeness (QED) is 0.882. The van der Waals surface area contributed by atoms with Crippen molar-refractivity contribution < 1.29 is 0 Å². The number of hydrogen-bond acceptors (Lipinski definition) is 2. The number of likely N-dealkylation sites (tertiary alicyclic amines) is 1. The van der Waals surface area contributed by atoms with Crippen LogP contribution in [0.5, 0.6) is 0 Å². The Hall–Kier alpha value is -0.860. The molecule has 1 aromatic rings. The Bertz CT molecular complexity index is 381. The zero-order chi connectivity index (χ0) is 13.2. The highest BCUT2D eigenvalue weighted by molar-refractivity contribution is 5.21. The van der Waals surface area contributed by atoms with Crippen LogP contribution in [0.1, 0.15) is 37.8 Å². The number of rotatable bonds is 3. The molecule has 1 saturated heterocycles. The van der Waals surface area contributed by atoms with Gasteiger partial charge in [0.2, 0.25) is 0 Å². The first-order chi connectivity index (χ1) is 8.54. The standard InChI is InChI=1S/C16H26N2/c1-13-7-9-14(10-8-13)12-18-11-5-6-15(17-4)16(18,2)3/h7-10,15,17H,5-6,11-12H2,1-4H3. The first-order valence-electron chi connectivity index (χ1n) is 7.02. The van der Waals surface area contributed by atoms with Gasteiger partial charge in [-0.1, -0.05) is 29.8 Å². The summed E-state index contributed by atoms with van der Waals surface area (Å²) in [5.74, 6) is 0. The second-order valence-electron chi connectivity index (χ2n) is 6.04. The van der Waals surface area contributed by atoms with E-state index in [0.29, 0.717) is 6.04 Å². The molecule has 0 saturated carbocycles. The molecule has 2 nitrogen and oxygen atoms in total. The Balaban J connectivity index is 2.10. The summed E-state index contributed by atoms with van der Waals surface area (Å²) in [4.78, 5) is 2.61. The molecule has 1 atom stereocenters. The number of piperidine rings is 1. The van der Waals surface area contributed by atoms with Crippen molar-refractivity contribution in [1.82, 2.24) is 10.2 Å². The molecule has 0 spiro atoms. The summed E-state index contributed by atoms with van der Waals surface area (Å²) >= 11 is 0. The lowest BCUT2D eigenvalue weighted by Gasteiger charge is -2.48. The fourth-order valence-electron chi connectivity index (χ4n) is 3.04. The van der Waals surface area contributed by atoms with E-state index in [-0.39, 0.29) is 5.54 Å². The van der Waals surface area contributed by atoms with Crippen LogP contribution in [0.4, 0.5) is 0 Å². The van der Waals surface area contributed by atoms with Gasteiger partial charge >= 0.3 is 0 Å². The molecule has 1 fully saturated rings. The maximum absolute atomic E-state index is 3.48. The van der Waals surface area contributed by atoms with Crippen molar-refractivity contribution in [2.45, 2.75) is 51.7 Å². The van der Waals surface area contributed by atoms with Gasteiger partial charge in [0, 0.05) is 18.1 Å². The molecule has 0 radical (unpaired) electrons. The monoisotopic (exact) mass is 246 g/mol. The van der Waals surface area contributed by atoms with Crippen LogP contribution in [-0.4, -0.2) is 30.1 Å². The van der Waals surface area contributed by atoms with Crippen LogP contribution in [0.15, 0.2) is 24.3 Å². The first kappa shape index (κ1) is 13.6. The van der Waals surface area contributed by atoms with E-state index in [0.717, 1.165) is 6.54 Å². The largest absolute Gasteiger partial charge is 0.315 e. The van der Waals surface area contributed by atoms with Crippen LogP contribution in [-0.2, 0) is 6.54 Å². The molecule has 18 heavy (non-hydrogen) atoms. The predicted octanol–water partition coefficient (Wildman–Crippen LogP) is 2.96. The van der Waals surface area contributed by atoms with Crippen molar-refractivity contribution in [2.75, 3.05) is 13.6 Å². The second-order valence-corrected chi connectivity index (χ2v) is 6.04. The van der Waals surface area contributed by atoms with Crippen molar-refractivity contribution in [2.24, 2.45) is 0 Å². The fraction of sp³-hybridized carbons (Fsp3) is 0.625. The van der Waals surface area contributed by atoms with Gasteiger partial charge < -0.3 is 5.32 Å². The molecule has 0 bridgehead atoms. The van der Waals surface area contributed by atoms with Gasteiger partial charge in [0.15, 0.2) is 0 Å². The van der Waals surface area contributed by atoms with Crippen LogP contribution in [0, 0.1) is 6.92 Å². The molecule has 0 amide bonds. The van der Waals surface area contributed by atoms with Gasteiger partial charge in [-0.05, 0) is 52.8 Å². The maximum Gasteiger partial charge on any atom is 0.0309 e.